The molecule has 0 bridgehead atoms. The first-order valence-corrected chi connectivity index (χ1v) is 13.2. The number of hydrogen-bond acceptors (Lipinski definition) is 5. The molecule has 2 saturated heterocycles. The summed E-state index contributed by atoms with van der Waals surface area (Å²) in [4.78, 5) is 18.7. The van der Waals surface area contributed by atoms with Gasteiger partial charge in [0.2, 0.25) is 0 Å². The van der Waals surface area contributed by atoms with E-state index in [-0.39, 0.29) is 12.0 Å². The van der Waals surface area contributed by atoms with E-state index in [1.807, 2.05) is 11.8 Å². The van der Waals surface area contributed by atoms with Crippen molar-refractivity contribution in [3.05, 3.63) is 29.3 Å². The fourth-order valence-corrected chi connectivity index (χ4v) is 6.79. The number of likely N-dealkylation sites (tertiary alicyclic amines) is 1. The van der Waals surface area contributed by atoms with Crippen LogP contribution in [-0.2, 0) is 16.0 Å². The number of rotatable bonds is 5. The quantitative estimate of drug-likeness (QED) is 0.535. The van der Waals surface area contributed by atoms with E-state index in [9.17, 15) is 4.79 Å². The van der Waals surface area contributed by atoms with Gasteiger partial charge in [-0.1, -0.05) is 25.0 Å². The SMILES string of the molecule is CSc1[nH]c2cccc3c2c1C[C@H]1[C@H]3CC(CCOC(=O)C2CCCCCN2)CN1C. The fraction of sp³-hybridized carbons (Fsp3) is 0.640. The number of nitrogens with one attached hydrogen (secondary N) is 2. The molecule has 3 heterocycles. The minimum atomic E-state index is -0.102. The zero-order valence-electron chi connectivity index (χ0n) is 18.8. The van der Waals surface area contributed by atoms with Crippen LogP contribution in [0.5, 0.6) is 0 Å². The topological polar surface area (TPSA) is 57.4 Å². The summed E-state index contributed by atoms with van der Waals surface area (Å²) in [6.07, 6.45) is 9.84. The number of fused-ring (bicyclic) bond motifs is 2. The predicted octanol–water partition coefficient (Wildman–Crippen LogP) is 4.32. The molecule has 0 saturated carbocycles. The van der Waals surface area contributed by atoms with Gasteiger partial charge in [0, 0.05) is 29.4 Å². The Morgan fingerprint density at radius 2 is 2.19 bits per heavy atom. The molecule has 0 spiro atoms. The van der Waals surface area contributed by atoms with Crippen molar-refractivity contribution in [2.75, 3.05) is 33.0 Å². The molecule has 168 valence electrons. The molecule has 4 atom stereocenters. The molecule has 2 N–H and O–H groups in total. The Morgan fingerprint density at radius 1 is 1.29 bits per heavy atom. The van der Waals surface area contributed by atoms with Gasteiger partial charge in [0.05, 0.1) is 11.6 Å². The summed E-state index contributed by atoms with van der Waals surface area (Å²) in [5, 5.41) is 6.15. The van der Waals surface area contributed by atoms with Gasteiger partial charge in [-0.05, 0) is 75.1 Å². The van der Waals surface area contributed by atoms with Gasteiger partial charge in [0.15, 0.2) is 0 Å². The van der Waals surface area contributed by atoms with Crippen molar-refractivity contribution < 1.29 is 9.53 Å². The summed E-state index contributed by atoms with van der Waals surface area (Å²) in [5.74, 6) is 1.08. The Labute approximate surface area is 189 Å². The summed E-state index contributed by atoms with van der Waals surface area (Å²) in [6, 6.07) is 7.22. The molecular weight excluding hydrogens is 406 g/mol. The largest absolute Gasteiger partial charge is 0.465 e. The van der Waals surface area contributed by atoms with Gasteiger partial charge in [-0.15, -0.1) is 11.8 Å². The maximum Gasteiger partial charge on any atom is 0.323 e. The second-order valence-electron chi connectivity index (χ2n) is 9.64. The lowest BCUT2D eigenvalue weighted by atomic mass is 9.72. The summed E-state index contributed by atoms with van der Waals surface area (Å²) in [6.45, 7) is 2.56. The Morgan fingerprint density at radius 3 is 3.06 bits per heavy atom. The molecule has 1 aromatic carbocycles. The van der Waals surface area contributed by atoms with Crippen LogP contribution in [0.2, 0.25) is 0 Å². The van der Waals surface area contributed by atoms with E-state index in [0.29, 0.717) is 24.5 Å². The monoisotopic (exact) mass is 441 g/mol. The number of esters is 1. The Kier molecular flexibility index (Phi) is 6.31. The highest BCUT2D eigenvalue weighted by atomic mass is 32.2. The molecule has 6 heteroatoms. The van der Waals surface area contributed by atoms with E-state index < -0.39 is 0 Å². The number of carbonyl (C=O) groups excluding carboxylic acids is 1. The maximum atomic E-state index is 12.5. The minimum absolute atomic E-state index is 0.0482. The smallest absolute Gasteiger partial charge is 0.323 e. The summed E-state index contributed by atoms with van der Waals surface area (Å²) in [5.41, 5.74) is 4.30. The zero-order valence-corrected chi connectivity index (χ0v) is 19.6. The van der Waals surface area contributed by atoms with Crippen LogP contribution < -0.4 is 5.32 Å². The number of H-pyrrole nitrogens is 1. The predicted molar refractivity (Wildman–Crippen MR) is 127 cm³/mol. The first-order valence-electron chi connectivity index (χ1n) is 11.9. The highest BCUT2D eigenvalue weighted by molar-refractivity contribution is 7.98. The van der Waals surface area contributed by atoms with Gasteiger partial charge < -0.3 is 19.9 Å². The van der Waals surface area contributed by atoms with Crippen molar-refractivity contribution in [2.45, 2.75) is 68.0 Å². The third kappa shape index (κ3) is 4.14. The Bertz CT molecular complexity index is 934. The molecule has 1 aliphatic carbocycles. The number of aromatic nitrogens is 1. The molecule has 2 unspecified atom stereocenters. The molecule has 5 rings (SSSR count). The van der Waals surface area contributed by atoms with Gasteiger partial charge in [-0.3, -0.25) is 4.79 Å². The molecule has 2 fully saturated rings. The van der Waals surface area contributed by atoms with Crippen LogP contribution in [0.4, 0.5) is 0 Å². The van der Waals surface area contributed by atoms with E-state index in [0.717, 1.165) is 45.2 Å². The van der Waals surface area contributed by atoms with Crippen LogP contribution in [0.1, 0.15) is 55.6 Å². The number of benzene rings is 1. The van der Waals surface area contributed by atoms with Crippen molar-refractivity contribution in [1.82, 2.24) is 15.2 Å². The maximum absolute atomic E-state index is 12.5. The van der Waals surface area contributed by atoms with E-state index in [2.05, 4.69) is 46.7 Å². The highest BCUT2D eigenvalue weighted by Gasteiger charge is 2.40. The Hall–Kier alpha value is -1.50. The summed E-state index contributed by atoms with van der Waals surface area (Å²) < 4.78 is 5.72. The second-order valence-corrected chi connectivity index (χ2v) is 10.5. The molecule has 31 heavy (non-hydrogen) atoms. The van der Waals surface area contributed by atoms with Gasteiger partial charge >= 0.3 is 5.97 Å². The van der Waals surface area contributed by atoms with Crippen LogP contribution in [0, 0.1) is 5.92 Å². The summed E-state index contributed by atoms with van der Waals surface area (Å²) >= 11 is 1.83. The average molecular weight is 442 g/mol. The van der Waals surface area contributed by atoms with Crippen LogP contribution in [0.15, 0.2) is 23.2 Å². The lowest BCUT2D eigenvalue weighted by Gasteiger charge is -2.45. The third-order valence-electron chi connectivity index (χ3n) is 7.72. The standard InChI is InChI=1S/C25H35N3O2S/c1-28-15-16(10-12-30-25(29)21-8-4-3-5-11-26-21)13-18-17-7-6-9-20-23(17)19(14-22(18)28)24(27-20)31-2/h6-7,9,16,18,21-22,26-27H,3-5,8,10-15H2,1-2H3/t16?,18-,21?,22-/m0/s1. The van der Waals surface area contributed by atoms with Crippen LogP contribution in [0.25, 0.3) is 10.9 Å². The number of carbonyl (C=O) groups is 1. The van der Waals surface area contributed by atoms with E-state index in [1.165, 1.54) is 39.9 Å². The van der Waals surface area contributed by atoms with Gasteiger partial charge in [-0.25, -0.2) is 0 Å². The van der Waals surface area contributed by atoms with Crippen LogP contribution in [-0.4, -0.2) is 60.9 Å². The van der Waals surface area contributed by atoms with Gasteiger partial charge in [-0.2, -0.15) is 0 Å². The van der Waals surface area contributed by atoms with Gasteiger partial charge in [0.25, 0.3) is 0 Å². The summed E-state index contributed by atoms with van der Waals surface area (Å²) in [7, 11) is 2.28. The lowest BCUT2D eigenvalue weighted by Crippen LogP contribution is -2.48. The van der Waals surface area contributed by atoms with Crippen molar-refractivity contribution in [1.29, 1.82) is 0 Å². The molecule has 0 amide bonds. The lowest BCUT2D eigenvalue weighted by molar-refractivity contribution is -0.146. The highest BCUT2D eigenvalue weighted by Crippen LogP contribution is 2.47. The molecule has 2 aromatic rings. The molecule has 2 aliphatic heterocycles. The molecular formula is C25H35N3O2S. The van der Waals surface area contributed by atoms with E-state index in [1.54, 1.807) is 0 Å². The van der Waals surface area contributed by atoms with Crippen molar-refractivity contribution in [2.24, 2.45) is 5.92 Å². The first kappa shape index (κ1) is 21.4. The number of ether oxygens (including phenoxy) is 1. The molecule has 0 radical (unpaired) electrons. The van der Waals surface area contributed by atoms with E-state index in [4.69, 9.17) is 4.74 Å². The molecule has 1 aromatic heterocycles. The van der Waals surface area contributed by atoms with E-state index >= 15 is 0 Å². The molecule has 3 aliphatic rings. The van der Waals surface area contributed by atoms with Crippen molar-refractivity contribution in [3.8, 4) is 0 Å². The van der Waals surface area contributed by atoms with Gasteiger partial charge in [0.1, 0.15) is 6.04 Å². The zero-order chi connectivity index (χ0) is 21.4. The number of aromatic amines is 1. The number of likely N-dealkylation sites (N-methyl/N-ethyl adjacent to an activating group) is 1. The normalized spacial score (nSPS) is 28.8. The number of thioether (sulfide) groups is 1. The third-order valence-corrected chi connectivity index (χ3v) is 8.47. The Balaban J connectivity index is 1.25. The fourth-order valence-electron chi connectivity index (χ4n) is 6.15. The second kappa shape index (κ2) is 9.16. The van der Waals surface area contributed by atoms with Crippen molar-refractivity contribution >= 4 is 28.6 Å². The number of nitrogens with zero attached hydrogens (tertiary/aromatic N) is 1. The number of piperidine rings is 1. The minimum Gasteiger partial charge on any atom is -0.465 e. The average Bonchev–Trinajstić information content (AvgIpc) is 2.95. The number of hydrogen-bond donors (Lipinski definition) is 2. The van der Waals surface area contributed by atoms with Crippen LogP contribution in [0.3, 0.4) is 0 Å². The first-order chi connectivity index (χ1) is 15.2. The van der Waals surface area contributed by atoms with Crippen LogP contribution >= 0.6 is 11.8 Å². The van der Waals surface area contributed by atoms with Crippen molar-refractivity contribution in [3.63, 3.8) is 0 Å². The molecule has 5 nitrogen and oxygen atoms in total.